The number of hydrogen-bond acceptors (Lipinski definition) is 8. The van der Waals surface area contributed by atoms with Crippen LogP contribution < -0.4 is 16.0 Å². The summed E-state index contributed by atoms with van der Waals surface area (Å²) in [5.74, 6) is -4.34. The molecule has 1 saturated heterocycles. The maximum atomic E-state index is 13.7. The van der Waals surface area contributed by atoms with E-state index in [1.165, 1.54) is 6.92 Å². The lowest BCUT2D eigenvalue weighted by Crippen LogP contribution is -2.51. The Morgan fingerprint density at radius 1 is 0.959 bits per heavy atom. The summed E-state index contributed by atoms with van der Waals surface area (Å²) < 4.78 is 24.2. The third kappa shape index (κ3) is 13.1. The topological polar surface area (TPSA) is 201 Å². The molecule has 2 fully saturated rings. The van der Waals surface area contributed by atoms with Crippen molar-refractivity contribution in [2.45, 2.75) is 128 Å². The van der Waals surface area contributed by atoms with E-state index in [9.17, 15) is 38.5 Å². The molecule has 4 amide bonds. The monoisotopic (exact) mass is 708 g/mol. The summed E-state index contributed by atoms with van der Waals surface area (Å²) in [6.45, 7) is 3.78. The van der Waals surface area contributed by atoms with Gasteiger partial charge in [-0.05, 0) is 63.9 Å². The zero-order chi connectivity index (χ0) is 35.8. The van der Waals surface area contributed by atoms with E-state index in [0.29, 0.717) is 32.1 Å². The maximum absolute atomic E-state index is 13.7. The smallest absolute Gasteiger partial charge is 0.407 e. The number of nitrogens with one attached hydrogen (secondary N) is 3. The molecule has 0 radical (unpaired) electrons. The van der Waals surface area contributed by atoms with Gasteiger partial charge >= 0.3 is 19.7 Å². The fourth-order valence-electron chi connectivity index (χ4n) is 6.21. The highest BCUT2D eigenvalue weighted by molar-refractivity contribution is 7.53. The summed E-state index contributed by atoms with van der Waals surface area (Å²) in [5, 5.41) is 17.6. The molecule has 2 unspecified atom stereocenters. The van der Waals surface area contributed by atoms with Gasteiger partial charge in [0.25, 0.3) is 5.91 Å². The lowest BCUT2D eigenvalue weighted by molar-refractivity contribution is -0.151. The summed E-state index contributed by atoms with van der Waals surface area (Å²) in [6.07, 6.45) is 5.46. The molecule has 14 nitrogen and oxygen atoms in total. The van der Waals surface area contributed by atoms with Crippen LogP contribution in [0.3, 0.4) is 0 Å². The van der Waals surface area contributed by atoms with E-state index >= 15 is 0 Å². The largest absolute Gasteiger partial charge is 0.480 e. The number of ether oxygens (including phenoxy) is 1. The number of carboxylic acids is 1. The Morgan fingerprint density at radius 2 is 1.67 bits per heavy atom. The number of nitrogens with zero attached hydrogens (tertiary/aromatic N) is 1. The summed E-state index contributed by atoms with van der Waals surface area (Å²) >= 11 is 0. The Morgan fingerprint density at radius 3 is 2.35 bits per heavy atom. The molecule has 49 heavy (non-hydrogen) atoms. The van der Waals surface area contributed by atoms with Gasteiger partial charge in [-0.3, -0.25) is 23.5 Å². The molecular weight excluding hydrogens is 655 g/mol. The number of carbonyl (C=O) groups excluding carboxylic acids is 4. The van der Waals surface area contributed by atoms with E-state index in [1.807, 2.05) is 37.3 Å². The van der Waals surface area contributed by atoms with Gasteiger partial charge in [0.1, 0.15) is 30.6 Å². The molecule has 1 aromatic carbocycles. The number of amides is 4. The third-order valence-corrected chi connectivity index (χ3v) is 10.8. The number of benzene rings is 1. The molecule has 1 heterocycles. The van der Waals surface area contributed by atoms with Gasteiger partial charge in [-0.1, -0.05) is 69.4 Å². The molecular formula is C34H53N4O10P. The molecule has 0 spiro atoms. The van der Waals surface area contributed by atoms with Crippen molar-refractivity contribution in [2.75, 3.05) is 13.1 Å². The fraction of sp³-hybridized carbons (Fsp3) is 0.676. The SMILES string of the molecule is CCCCC(NC(=O)[C@H](CCCCNC(=O)OCc1ccccc1)NC(=O)C1CCCCC1)P(=O)(O)O[C@@H](C)C(=O)N1CCC[C@H]1C(=O)O. The summed E-state index contributed by atoms with van der Waals surface area (Å²) in [4.78, 5) is 75.8. The zero-order valence-electron chi connectivity index (χ0n) is 28.6. The van der Waals surface area contributed by atoms with Crippen molar-refractivity contribution in [3.63, 3.8) is 0 Å². The van der Waals surface area contributed by atoms with Crippen molar-refractivity contribution in [1.29, 1.82) is 0 Å². The normalized spacial score (nSPS) is 19.6. The van der Waals surface area contributed by atoms with Crippen molar-refractivity contribution < 1.29 is 47.8 Å². The van der Waals surface area contributed by atoms with E-state index in [1.54, 1.807) is 0 Å². The van der Waals surface area contributed by atoms with Crippen molar-refractivity contribution in [3.8, 4) is 0 Å². The Kier molecular flexibility index (Phi) is 16.5. The molecule has 1 aromatic rings. The van der Waals surface area contributed by atoms with Gasteiger partial charge in [0, 0.05) is 19.0 Å². The van der Waals surface area contributed by atoms with E-state index in [-0.39, 0.29) is 50.8 Å². The average Bonchev–Trinajstić information content (AvgIpc) is 3.59. The third-order valence-electron chi connectivity index (χ3n) is 9.02. The first kappa shape index (κ1) is 40.0. The number of rotatable bonds is 19. The van der Waals surface area contributed by atoms with Gasteiger partial charge in [0.2, 0.25) is 11.8 Å². The van der Waals surface area contributed by atoms with E-state index in [0.717, 1.165) is 42.6 Å². The van der Waals surface area contributed by atoms with Crippen LogP contribution in [0.25, 0.3) is 0 Å². The second kappa shape index (κ2) is 20.3. The number of carbonyl (C=O) groups is 5. The first-order valence-electron chi connectivity index (χ1n) is 17.5. The van der Waals surface area contributed by atoms with Crippen molar-refractivity contribution >= 4 is 37.4 Å². The van der Waals surface area contributed by atoms with Gasteiger partial charge in [-0.2, -0.15) is 0 Å². The average molecular weight is 709 g/mol. The Labute approximate surface area is 288 Å². The number of unbranched alkanes of at least 4 members (excludes halogenated alkanes) is 2. The van der Waals surface area contributed by atoms with E-state index < -0.39 is 55.4 Å². The number of likely N-dealkylation sites (tertiary alicyclic amines) is 1. The van der Waals surface area contributed by atoms with Crippen LogP contribution in [0.1, 0.15) is 103 Å². The predicted molar refractivity (Wildman–Crippen MR) is 181 cm³/mol. The lowest BCUT2D eigenvalue weighted by atomic mass is 9.88. The predicted octanol–water partition coefficient (Wildman–Crippen LogP) is 4.45. The van der Waals surface area contributed by atoms with Gasteiger partial charge in [0.15, 0.2) is 0 Å². The van der Waals surface area contributed by atoms with Crippen LogP contribution >= 0.6 is 7.60 Å². The summed E-state index contributed by atoms with van der Waals surface area (Å²) in [5.41, 5.74) is 0.856. The van der Waals surface area contributed by atoms with Crippen molar-refractivity contribution in [2.24, 2.45) is 5.92 Å². The van der Waals surface area contributed by atoms with Crippen LogP contribution in [0.4, 0.5) is 4.79 Å². The number of hydrogen-bond donors (Lipinski definition) is 5. The first-order chi connectivity index (χ1) is 23.4. The zero-order valence-corrected chi connectivity index (χ0v) is 29.5. The fourth-order valence-corrected chi connectivity index (χ4v) is 7.70. The van der Waals surface area contributed by atoms with Crippen LogP contribution in [-0.4, -0.2) is 81.7 Å². The molecule has 1 saturated carbocycles. The molecule has 2 aliphatic rings. The van der Waals surface area contributed by atoms with Crippen molar-refractivity contribution in [3.05, 3.63) is 35.9 Å². The molecule has 5 atom stereocenters. The van der Waals surface area contributed by atoms with Crippen LogP contribution in [0.15, 0.2) is 30.3 Å². The van der Waals surface area contributed by atoms with Crippen LogP contribution in [-0.2, 0) is 39.6 Å². The molecule has 1 aliphatic carbocycles. The van der Waals surface area contributed by atoms with E-state index in [4.69, 9.17) is 9.26 Å². The highest BCUT2D eigenvalue weighted by atomic mass is 31.2. The lowest BCUT2D eigenvalue weighted by Gasteiger charge is -2.30. The minimum absolute atomic E-state index is 0.0801. The molecule has 0 bridgehead atoms. The number of alkyl carbamates (subject to hydrolysis) is 1. The molecule has 5 N–H and O–H groups in total. The first-order valence-corrected chi connectivity index (χ1v) is 19.2. The number of aliphatic carboxylic acids is 1. The maximum Gasteiger partial charge on any atom is 0.407 e. The van der Waals surface area contributed by atoms with Gasteiger partial charge in [-0.25, -0.2) is 9.59 Å². The highest BCUT2D eigenvalue weighted by Gasteiger charge is 2.42. The van der Waals surface area contributed by atoms with Crippen LogP contribution in [0, 0.1) is 5.92 Å². The molecule has 0 aromatic heterocycles. The second-order valence-corrected chi connectivity index (χ2v) is 14.8. The van der Waals surface area contributed by atoms with E-state index in [2.05, 4.69) is 16.0 Å². The molecule has 3 rings (SSSR count). The van der Waals surface area contributed by atoms with Crippen molar-refractivity contribution in [1.82, 2.24) is 20.9 Å². The number of carboxylic acid groups (broad SMARTS) is 1. The quantitative estimate of drug-likeness (QED) is 0.101. The minimum Gasteiger partial charge on any atom is -0.480 e. The molecule has 1 aliphatic heterocycles. The molecule has 15 heteroatoms. The van der Waals surface area contributed by atoms with Gasteiger partial charge in [0.05, 0.1) is 0 Å². The Balaban J connectivity index is 1.62. The minimum atomic E-state index is -4.66. The van der Waals surface area contributed by atoms with Gasteiger partial charge in [-0.15, -0.1) is 0 Å². The Hall–Kier alpha value is -3.48. The summed E-state index contributed by atoms with van der Waals surface area (Å²) in [7, 11) is -4.66. The van der Waals surface area contributed by atoms with Crippen LogP contribution in [0.2, 0.25) is 0 Å². The van der Waals surface area contributed by atoms with Gasteiger partial charge < -0.3 is 35.6 Å². The highest BCUT2D eigenvalue weighted by Crippen LogP contribution is 2.49. The van der Waals surface area contributed by atoms with Crippen LogP contribution in [0.5, 0.6) is 0 Å². The second-order valence-electron chi connectivity index (χ2n) is 12.9. The standard InChI is InChI=1S/C34H53N4O10P/c1-3-4-20-29(49(45,46)48-24(2)32(41)38-22-13-19-28(38)33(42)43)37-31(40)27(36-30(39)26-16-9-6-10-17-26)18-11-12-21-35-34(44)47-23-25-14-7-5-8-15-25/h5,7-8,14-15,24,26-29H,3-4,6,9-13,16-23H2,1-2H3,(H,35,44)(H,36,39)(H,37,40)(H,42,43)(H,45,46)/t24-,27-,28-,29?/m0/s1. The Bertz CT molecular complexity index is 1290. The molecule has 274 valence electrons. The summed E-state index contributed by atoms with van der Waals surface area (Å²) in [6, 6.07) is 7.22.